The van der Waals surface area contributed by atoms with Gasteiger partial charge in [0.15, 0.2) is 11.6 Å². The van der Waals surface area contributed by atoms with Crippen LogP contribution in [0, 0.1) is 0 Å². The van der Waals surface area contributed by atoms with Crippen LogP contribution in [0.5, 0.6) is 0 Å². The van der Waals surface area contributed by atoms with Crippen LogP contribution in [0.4, 0.5) is 0 Å². The Kier molecular flexibility index (Phi) is 2.97. The minimum absolute atomic E-state index is 0.00417. The maximum Gasteiger partial charge on any atom is 0.166 e. The minimum atomic E-state index is -0.0459. The standard InChI is InChI=1S/C10H12O2/c1-2-3-4-5-8-6-9(11)7-10(8)12/h2-3,6H,4-5,7H2,1H3/b3-2-. The Balaban J connectivity index is 2.47. The first kappa shape index (κ1) is 8.91. The van der Waals surface area contributed by atoms with Crippen molar-refractivity contribution in [2.24, 2.45) is 0 Å². The molecule has 0 aromatic heterocycles. The van der Waals surface area contributed by atoms with Crippen LogP contribution < -0.4 is 0 Å². The highest BCUT2D eigenvalue weighted by Gasteiger charge is 2.20. The minimum Gasteiger partial charge on any atom is -0.294 e. The Labute approximate surface area is 72.0 Å². The molecule has 1 aliphatic rings. The second-order valence-corrected chi connectivity index (χ2v) is 2.84. The van der Waals surface area contributed by atoms with Gasteiger partial charge in [0.1, 0.15) is 0 Å². The molecule has 1 rings (SSSR count). The Morgan fingerprint density at radius 2 is 2.25 bits per heavy atom. The lowest BCUT2D eigenvalue weighted by Crippen LogP contribution is -1.96. The van der Waals surface area contributed by atoms with Gasteiger partial charge in [-0.2, -0.15) is 0 Å². The second kappa shape index (κ2) is 4.00. The lowest BCUT2D eigenvalue weighted by molar-refractivity contribution is -0.120. The summed E-state index contributed by atoms with van der Waals surface area (Å²) in [6.45, 7) is 1.94. The van der Waals surface area contributed by atoms with Gasteiger partial charge < -0.3 is 0 Å². The number of ketones is 2. The molecule has 2 heteroatoms. The van der Waals surface area contributed by atoms with Crippen molar-refractivity contribution >= 4 is 11.6 Å². The third-order valence-electron chi connectivity index (χ3n) is 1.84. The van der Waals surface area contributed by atoms with Crippen molar-refractivity contribution in [3.63, 3.8) is 0 Å². The number of hydrogen-bond donors (Lipinski definition) is 0. The van der Waals surface area contributed by atoms with Crippen LogP contribution in [0.15, 0.2) is 23.8 Å². The molecule has 2 nitrogen and oxygen atoms in total. The van der Waals surface area contributed by atoms with Crippen LogP contribution in [-0.4, -0.2) is 11.6 Å². The van der Waals surface area contributed by atoms with Gasteiger partial charge in [-0.15, -0.1) is 0 Å². The predicted molar refractivity (Wildman–Crippen MR) is 46.8 cm³/mol. The number of carbonyl (C=O) groups is 2. The fourth-order valence-electron chi connectivity index (χ4n) is 1.21. The predicted octanol–water partition coefficient (Wildman–Crippen LogP) is 1.81. The SMILES string of the molecule is C/C=C\CCC1=CC(=O)CC1=O. The summed E-state index contributed by atoms with van der Waals surface area (Å²) < 4.78 is 0. The van der Waals surface area contributed by atoms with Crippen molar-refractivity contribution < 1.29 is 9.59 Å². The van der Waals surface area contributed by atoms with Gasteiger partial charge in [0.2, 0.25) is 0 Å². The molecule has 0 aliphatic heterocycles. The average molecular weight is 164 g/mol. The largest absolute Gasteiger partial charge is 0.294 e. The van der Waals surface area contributed by atoms with Gasteiger partial charge in [-0.1, -0.05) is 12.2 Å². The van der Waals surface area contributed by atoms with E-state index >= 15 is 0 Å². The molecule has 0 bridgehead atoms. The Morgan fingerprint density at radius 1 is 1.50 bits per heavy atom. The third-order valence-corrected chi connectivity index (χ3v) is 1.84. The Morgan fingerprint density at radius 3 is 2.75 bits per heavy atom. The summed E-state index contributed by atoms with van der Waals surface area (Å²) in [6, 6.07) is 0. The summed E-state index contributed by atoms with van der Waals surface area (Å²) in [5.74, 6) is -0.0417. The van der Waals surface area contributed by atoms with Crippen molar-refractivity contribution in [3.05, 3.63) is 23.8 Å². The first-order chi connectivity index (χ1) is 5.74. The molecule has 0 atom stereocenters. The van der Waals surface area contributed by atoms with E-state index in [1.165, 1.54) is 6.08 Å². The van der Waals surface area contributed by atoms with Crippen molar-refractivity contribution in [1.29, 1.82) is 0 Å². The summed E-state index contributed by atoms with van der Waals surface area (Å²) in [5.41, 5.74) is 0.693. The first-order valence-electron chi connectivity index (χ1n) is 4.12. The molecule has 0 heterocycles. The molecule has 0 saturated carbocycles. The number of hydrogen-bond acceptors (Lipinski definition) is 2. The van der Waals surface area contributed by atoms with Crippen molar-refractivity contribution in [2.75, 3.05) is 0 Å². The molecule has 0 aromatic carbocycles. The smallest absolute Gasteiger partial charge is 0.166 e. The van der Waals surface area contributed by atoms with E-state index in [-0.39, 0.29) is 18.0 Å². The average Bonchev–Trinajstić information content (AvgIpc) is 2.31. The lowest BCUT2D eigenvalue weighted by atomic mass is 10.1. The van der Waals surface area contributed by atoms with E-state index in [4.69, 9.17) is 0 Å². The highest BCUT2D eigenvalue weighted by Crippen LogP contribution is 2.16. The molecule has 0 amide bonds. The molecule has 64 valence electrons. The molecular formula is C10H12O2. The van der Waals surface area contributed by atoms with Crippen LogP contribution in [0.3, 0.4) is 0 Å². The van der Waals surface area contributed by atoms with Gasteiger partial charge in [0.25, 0.3) is 0 Å². The molecule has 0 N–H and O–H groups in total. The van der Waals surface area contributed by atoms with Gasteiger partial charge >= 0.3 is 0 Å². The molecular weight excluding hydrogens is 152 g/mol. The van der Waals surface area contributed by atoms with Gasteiger partial charge in [-0.3, -0.25) is 9.59 Å². The van der Waals surface area contributed by atoms with Crippen LogP contribution in [0.25, 0.3) is 0 Å². The fraction of sp³-hybridized carbons (Fsp3) is 0.400. The van der Waals surface area contributed by atoms with Crippen molar-refractivity contribution in [2.45, 2.75) is 26.2 Å². The molecule has 0 unspecified atom stereocenters. The maximum atomic E-state index is 11.1. The van der Waals surface area contributed by atoms with Crippen LogP contribution in [0.2, 0.25) is 0 Å². The van der Waals surface area contributed by atoms with Gasteiger partial charge in [0, 0.05) is 0 Å². The van der Waals surface area contributed by atoms with Crippen LogP contribution in [0.1, 0.15) is 26.2 Å². The second-order valence-electron chi connectivity index (χ2n) is 2.84. The molecule has 1 aliphatic carbocycles. The van der Waals surface area contributed by atoms with Gasteiger partial charge in [-0.25, -0.2) is 0 Å². The maximum absolute atomic E-state index is 11.1. The summed E-state index contributed by atoms with van der Waals surface area (Å²) in [7, 11) is 0. The molecule has 0 saturated heterocycles. The highest BCUT2D eigenvalue weighted by molar-refractivity contribution is 6.19. The molecule has 0 radical (unpaired) electrons. The van der Waals surface area contributed by atoms with Crippen molar-refractivity contribution in [3.8, 4) is 0 Å². The van der Waals surface area contributed by atoms with Crippen molar-refractivity contribution in [1.82, 2.24) is 0 Å². The summed E-state index contributed by atoms with van der Waals surface area (Å²) in [6.07, 6.45) is 7.06. The number of carbonyl (C=O) groups excluding carboxylic acids is 2. The fourth-order valence-corrected chi connectivity index (χ4v) is 1.21. The normalized spacial score (nSPS) is 17.6. The third kappa shape index (κ3) is 2.16. The van der Waals surface area contributed by atoms with E-state index in [0.29, 0.717) is 12.0 Å². The van der Waals surface area contributed by atoms with E-state index in [1.807, 2.05) is 19.1 Å². The van der Waals surface area contributed by atoms with E-state index in [2.05, 4.69) is 0 Å². The molecule has 0 aromatic rings. The monoisotopic (exact) mass is 164 g/mol. The first-order valence-corrected chi connectivity index (χ1v) is 4.12. The van der Waals surface area contributed by atoms with Gasteiger partial charge in [0.05, 0.1) is 6.42 Å². The zero-order valence-electron chi connectivity index (χ0n) is 7.17. The van der Waals surface area contributed by atoms with Crippen LogP contribution in [-0.2, 0) is 9.59 Å². The lowest BCUT2D eigenvalue weighted by Gasteiger charge is -1.94. The summed E-state index contributed by atoms with van der Waals surface area (Å²) >= 11 is 0. The molecule has 12 heavy (non-hydrogen) atoms. The molecule has 0 spiro atoms. The number of Topliss-reactive ketones (excluding diaryl/α,β-unsaturated/α-hetero) is 1. The van der Waals surface area contributed by atoms with E-state index in [9.17, 15) is 9.59 Å². The van der Waals surface area contributed by atoms with Crippen LogP contribution >= 0.6 is 0 Å². The quantitative estimate of drug-likeness (QED) is 0.471. The highest BCUT2D eigenvalue weighted by atomic mass is 16.2. The zero-order chi connectivity index (χ0) is 8.97. The topological polar surface area (TPSA) is 34.1 Å². The summed E-state index contributed by atoms with van der Waals surface area (Å²) in [5, 5.41) is 0. The zero-order valence-corrected chi connectivity index (χ0v) is 7.17. The van der Waals surface area contributed by atoms with E-state index in [0.717, 1.165) is 6.42 Å². The Hall–Kier alpha value is -1.18. The van der Waals surface area contributed by atoms with E-state index < -0.39 is 0 Å². The van der Waals surface area contributed by atoms with Gasteiger partial charge in [-0.05, 0) is 31.4 Å². The molecule has 0 fully saturated rings. The number of rotatable bonds is 3. The number of allylic oxidation sites excluding steroid dienone is 4. The summed E-state index contributed by atoms with van der Waals surface area (Å²) in [4.78, 5) is 21.8. The Bertz CT molecular complexity index is 259. The van der Waals surface area contributed by atoms with E-state index in [1.54, 1.807) is 0 Å².